The minimum absolute atomic E-state index is 0.0773. The van der Waals surface area contributed by atoms with Crippen molar-refractivity contribution >= 4 is 44.5 Å². The second-order valence-electron chi connectivity index (χ2n) is 2.61. The lowest BCUT2D eigenvalue weighted by Crippen LogP contribution is -2.02. The second-order valence-corrected chi connectivity index (χ2v) is 4.65. The van der Waals surface area contributed by atoms with Gasteiger partial charge in [0.25, 0.3) is 0 Å². The van der Waals surface area contributed by atoms with Gasteiger partial charge < -0.3 is 5.11 Å². The summed E-state index contributed by atoms with van der Waals surface area (Å²) in [5, 5.41) is 17.4. The molecule has 5 heteroatoms. The highest BCUT2D eigenvalue weighted by molar-refractivity contribution is 14.1. The monoisotopic (exact) mass is 365 g/mol. The van der Waals surface area contributed by atoms with Crippen molar-refractivity contribution in [2.24, 2.45) is 0 Å². The molecule has 1 aromatic rings. The van der Waals surface area contributed by atoms with Crippen LogP contribution < -0.4 is 0 Å². The molecular weight excluding hydrogens is 361 g/mol. The Bertz CT molecular complexity index is 426. The molecule has 0 aliphatic carbocycles. The first kappa shape index (κ1) is 11.5. The highest BCUT2D eigenvalue weighted by Gasteiger charge is 2.10. The van der Waals surface area contributed by atoms with Crippen LogP contribution in [-0.4, -0.2) is 11.1 Å². The van der Waals surface area contributed by atoms with E-state index in [1.165, 1.54) is 0 Å². The van der Waals surface area contributed by atoms with Gasteiger partial charge in [0.05, 0.1) is 12.0 Å². The van der Waals surface area contributed by atoms with E-state index in [9.17, 15) is 4.79 Å². The zero-order chi connectivity index (χ0) is 10.7. The lowest BCUT2D eigenvalue weighted by molar-refractivity contribution is -0.136. The average Bonchev–Trinajstić information content (AvgIpc) is 2.09. The first-order valence-corrected chi connectivity index (χ1v) is 5.51. The number of aliphatic carboxylic acids is 1. The number of nitrogens with zero attached hydrogens (tertiary/aromatic N) is 1. The van der Waals surface area contributed by atoms with Gasteiger partial charge >= 0.3 is 5.97 Å². The molecule has 0 radical (unpaired) electrons. The van der Waals surface area contributed by atoms with Crippen molar-refractivity contribution in [1.82, 2.24) is 0 Å². The zero-order valence-electron chi connectivity index (χ0n) is 6.92. The Hall–Kier alpha value is -0.610. The molecule has 72 valence electrons. The van der Waals surface area contributed by atoms with E-state index in [1.54, 1.807) is 12.1 Å². The zero-order valence-corrected chi connectivity index (χ0v) is 10.7. The predicted molar refractivity (Wildman–Crippen MR) is 62.9 cm³/mol. The average molecular weight is 366 g/mol. The van der Waals surface area contributed by atoms with E-state index in [1.807, 2.05) is 6.07 Å². The number of hydrogen-bond donors (Lipinski definition) is 1. The largest absolute Gasteiger partial charge is 0.481 e. The number of nitriles is 1. The molecule has 0 atom stereocenters. The van der Waals surface area contributed by atoms with Gasteiger partial charge in [-0.25, -0.2) is 0 Å². The van der Waals surface area contributed by atoms with E-state index in [-0.39, 0.29) is 6.42 Å². The number of benzene rings is 1. The summed E-state index contributed by atoms with van der Waals surface area (Å²) in [7, 11) is 0. The van der Waals surface area contributed by atoms with Crippen molar-refractivity contribution in [3.63, 3.8) is 0 Å². The molecule has 0 amide bonds. The highest BCUT2D eigenvalue weighted by atomic mass is 127. The molecule has 0 saturated heterocycles. The standard InChI is InChI=1S/C9H5BrINO2/c10-9-5(3-8(13)14)1-7(11)2-6(9)4-12/h1-2H,3H2,(H,13,14). The molecule has 0 aliphatic rings. The molecule has 0 spiro atoms. The van der Waals surface area contributed by atoms with Crippen LogP contribution in [0.4, 0.5) is 0 Å². The SMILES string of the molecule is N#Cc1cc(I)cc(CC(=O)O)c1Br. The fourth-order valence-corrected chi connectivity index (χ4v) is 2.16. The minimum Gasteiger partial charge on any atom is -0.481 e. The fourth-order valence-electron chi connectivity index (χ4n) is 1.02. The second kappa shape index (κ2) is 4.75. The number of hydrogen-bond acceptors (Lipinski definition) is 2. The minimum atomic E-state index is -0.906. The van der Waals surface area contributed by atoms with E-state index in [0.29, 0.717) is 15.6 Å². The maximum atomic E-state index is 10.5. The Balaban J connectivity index is 3.23. The van der Waals surface area contributed by atoms with Crippen molar-refractivity contribution in [1.29, 1.82) is 5.26 Å². The molecule has 1 N–H and O–H groups in total. The van der Waals surface area contributed by atoms with Gasteiger partial charge in [0.1, 0.15) is 6.07 Å². The third kappa shape index (κ3) is 2.69. The topological polar surface area (TPSA) is 61.1 Å². The van der Waals surface area contributed by atoms with Crippen molar-refractivity contribution in [3.05, 3.63) is 31.3 Å². The third-order valence-electron chi connectivity index (χ3n) is 1.57. The van der Waals surface area contributed by atoms with E-state index < -0.39 is 5.97 Å². The summed E-state index contributed by atoms with van der Waals surface area (Å²) >= 11 is 5.27. The first-order chi connectivity index (χ1) is 6.54. The van der Waals surface area contributed by atoms with Gasteiger partial charge in [-0.2, -0.15) is 5.26 Å². The van der Waals surface area contributed by atoms with E-state index in [2.05, 4.69) is 38.5 Å². The van der Waals surface area contributed by atoms with E-state index >= 15 is 0 Å². The molecule has 1 aromatic carbocycles. The van der Waals surface area contributed by atoms with Gasteiger partial charge in [0, 0.05) is 8.04 Å². The summed E-state index contributed by atoms with van der Waals surface area (Å²) in [4.78, 5) is 10.5. The fraction of sp³-hybridized carbons (Fsp3) is 0.111. The summed E-state index contributed by atoms with van der Waals surface area (Å²) in [5.74, 6) is -0.906. The van der Waals surface area contributed by atoms with Gasteiger partial charge in [0.15, 0.2) is 0 Å². The van der Waals surface area contributed by atoms with E-state index in [4.69, 9.17) is 10.4 Å². The molecule has 0 bridgehead atoms. The van der Waals surface area contributed by atoms with Crippen LogP contribution >= 0.6 is 38.5 Å². The summed E-state index contributed by atoms with van der Waals surface area (Å²) in [5.41, 5.74) is 1.09. The molecule has 0 heterocycles. The van der Waals surface area contributed by atoms with Crippen LogP contribution in [0.3, 0.4) is 0 Å². The normalized spacial score (nSPS) is 9.50. The summed E-state index contributed by atoms with van der Waals surface area (Å²) < 4.78 is 1.43. The predicted octanol–water partition coefficient (Wildman–Crippen LogP) is 2.55. The smallest absolute Gasteiger partial charge is 0.307 e. The molecular formula is C9H5BrINO2. The maximum absolute atomic E-state index is 10.5. The molecule has 0 fully saturated rings. The van der Waals surface area contributed by atoms with Crippen LogP contribution in [-0.2, 0) is 11.2 Å². The summed E-state index contributed by atoms with van der Waals surface area (Å²) in [6, 6.07) is 5.46. The van der Waals surface area contributed by atoms with Gasteiger partial charge in [-0.15, -0.1) is 0 Å². The number of carbonyl (C=O) groups is 1. The van der Waals surface area contributed by atoms with Crippen LogP contribution in [0, 0.1) is 14.9 Å². The Kier molecular flexibility index (Phi) is 3.89. The Morgan fingerprint density at radius 3 is 2.79 bits per heavy atom. The van der Waals surface area contributed by atoms with Gasteiger partial charge in [-0.05, 0) is 56.2 Å². The van der Waals surface area contributed by atoms with Gasteiger partial charge in [-0.3, -0.25) is 4.79 Å². The van der Waals surface area contributed by atoms with Crippen molar-refractivity contribution in [2.75, 3.05) is 0 Å². The number of halogens is 2. The Morgan fingerprint density at radius 2 is 2.29 bits per heavy atom. The molecule has 0 aromatic heterocycles. The van der Waals surface area contributed by atoms with Crippen molar-refractivity contribution in [3.8, 4) is 6.07 Å². The van der Waals surface area contributed by atoms with Crippen molar-refractivity contribution < 1.29 is 9.90 Å². The van der Waals surface area contributed by atoms with E-state index in [0.717, 1.165) is 3.57 Å². The third-order valence-corrected chi connectivity index (χ3v) is 3.13. The molecule has 0 unspecified atom stereocenters. The van der Waals surface area contributed by atoms with Crippen LogP contribution in [0.1, 0.15) is 11.1 Å². The van der Waals surface area contributed by atoms with Gasteiger partial charge in [0.2, 0.25) is 0 Å². The number of rotatable bonds is 2. The van der Waals surface area contributed by atoms with Crippen molar-refractivity contribution in [2.45, 2.75) is 6.42 Å². The summed E-state index contributed by atoms with van der Waals surface area (Å²) in [6.07, 6.45) is -0.0773. The molecule has 0 aliphatic heterocycles. The van der Waals surface area contributed by atoms with Crippen LogP contribution in [0.15, 0.2) is 16.6 Å². The van der Waals surface area contributed by atoms with Crippen LogP contribution in [0.2, 0.25) is 0 Å². The van der Waals surface area contributed by atoms with Crippen LogP contribution in [0.25, 0.3) is 0 Å². The van der Waals surface area contributed by atoms with Crippen LogP contribution in [0.5, 0.6) is 0 Å². The molecule has 3 nitrogen and oxygen atoms in total. The molecule has 0 saturated carbocycles. The quantitative estimate of drug-likeness (QED) is 0.819. The summed E-state index contributed by atoms with van der Waals surface area (Å²) in [6.45, 7) is 0. The lowest BCUT2D eigenvalue weighted by Gasteiger charge is -2.04. The van der Waals surface area contributed by atoms with Gasteiger partial charge in [-0.1, -0.05) is 0 Å². The Labute approximate surface area is 103 Å². The maximum Gasteiger partial charge on any atom is 0.307 e. The number of carboxylic acids is 1. The molecule has 14 heavy (non-hydrogen) atoms. The lowest BCUT2D eigenvalue weighted by atomic mass is 10.1. The first-order valence-electron chi connectivity index (χ1n) is 3.64. The Morgan fingerprint density at radius 1 is 1.64 bits per heavy atom. The number of carboxylic acid groups (broad SMARTS) is 1. The highest BCUT2D eigenvalue weighted by Crippen LogP contribution is 2.24. The molecule has 1 rings (SSSR count).